The van der Waals surface area contributed by atoms with E-state index in [1.807, 2.05) is 0 Å². The second kappa shape index (κ2) is 6.78. The number of hydrogen-bond acceptors (Lipinski definition) is 4. The summed E-state index contributed by atoms with van der Waals surface area (Å²) in [5.74, 6) is -0.659. The number of aliphatic carboxylic acids is 1. The SMILES string of the molecule is COc1ccc(Cl)cc1CC(=O)N1CCO[C@H](C(=O)O)C1. The molecule has 1 heterocycles. The standard InChI is InChI=1S/C14H16ClNO5/c1-20-11-3-2-10(15)6-9(11)7-13(17)16-4-5-21-12(8-16)14(18)19/h2-3,6,12H,4-5,7-8H2,1H3,(H,18,19)/t12-/m0/s1. The monoisotopic (exact) mass is 313 g/mol. The molecule has 1 aromatic carbocycles. The van der Waals surface area contributed by atoms with Crippen LogP contribution >= 0.6 is 11.6 Å². The summed E-state index contributed by atoms with van der Waals surface area (Å²) in [6.07, 6.45) is -0.861. The molecule has 0 bridgehead atoms. The third kappa shape index (κ3) is 3.86. The van der Waals surface area contributed by atoms with Crippen LogP contribution in [0.25, 0.3) is 0 Å². The van der Waals surface area contributed by atoms with Gasteiger partial charge in [-0.2, -0.15) is 0 Å². The van der Waals surface area contributed by atoms with E-state index in [9.17, 15) is 9.59 Å². The third-order valence-electron chi connectivity index (χ3n) is 3.28. The van der Waals surface area contributed by atoms with Gasteiger partial charge in [0.2, 0.25) is 5.91 Å². The van der Waals surface area contributed by atoms with Crippen molar-refractivity contribution in [2.24, 2.45) is 0 Å². The molecule has 0 aliphatic carbocycles. The Kier molecular flexibility index (Phi) is 5.03. The summed E-state index contributed by atoms with van der Waals surface area (Å²) < 4.78 is 10.3. The average molecular weight is 314 g/mol. The Bertz CT molecular complexity index is 548. The number of nitrogens with zero attached hydrogens (tertiary/aromatic N) is 1. The first-order valence-electron chi connectivity index (χ1n) is 6.46. The first-order chi connectivity index (χ1) is 10.0. The van der Waals surface area contributed by atoms with Gasteiger partial charge in [-0.25, -0.2) is 4.79 Å². The number of benzene rings is 1. The smallest absolute Gasteiger partial charge is 0.334 e. The van der Waals surface area contributed by atoms with Gasteiger partial charge in [0.15, 0.2) is 6.10 Å². The van der Waals surface area contributed by atoms with Crippen molar-refractivity contribution in [2.45, 2.75) is 12.5 Å². The largest absolute Gasteiger partial charge is 0.496 e. The topological polar surface area (TPSA) is 76.1 Å². The fourth-order valence-electron chi connectivity index (χ4n) is 2.19. The molecule has 1 aliphatic heterocycles. The van der Waals surface area contributed by atoms with Crippen LogP contribution in [-0.4, -0.2) is 54.8 Å². The number of carbonyl (C=O) groups is 2. The molecule has 2 rings (SSSR count). The molecule has 0 radical (unpaired) electrons. The van der Waals surface area contributed by atoms with Crippen LogP contribution in [-0.2, 0) is 20.7 Å². The number of carboxylic acid groups (broad SMARTS) is 1. The van der Waals surface area contributed by atoms with Crippen LogP contribution in [0.4, 0.5) is 0 Å². The molecule has 1 N–H and O–H groups in total. The van der Waals surface area contributed by atoms with Gasteiger partial charge in [-0.15, -0.1) is 0 Å². The second-order valence-electron chi connectivity index (χ2n) is 4.67. The lowest BCUT2D eigenvalue weighted by Crippen LogP contribution is -2.49. The highest BCUT2D eigenvalue weighted by Gasteiger charge is 2.29. The number of amides is 1. The lowest BCUT2D eigenvalue weighted by atomic mass is 10.1. The number of morpholine rings is 1. The molecule has 1 fully saturated rings. The summed E-state index contributed by atoms with van der Waals surface area (Å²) in [6.45, 7) is 0.651. The molecule has 0 spiro atoms. The maximum Gasteiger partial charge on any atom is 0.334 e. The Morgan fingerprint density at radius 3 is 2.95 bits per heavy atom. The van der Waals surface area contributed by atoms with Gasteiger partial charge in [0.25, 0.3) is 0 Å². The molecule has 1 aromatic rings. The van der Waals surface area contributed by atoms with Gasteiger partial charge in [0.1, 0.15) is 5.75 Å². The maximum absolute atomic E-state index is 12.3. The van der Waals surface area contributed by atoms with E-state index < -0.39 is 12.1 Å². The number of carbonyl (C=O) groups excluding carboxylic acids is 1. The van der Waals surface area contributed by atoms with E-state index in [4.69, 9.17) is 26.2 Å². The number of methoxy groups -OCH3 is 1. The van der Waals surface area contributed by atoms with E-state index in [1.165, 1.54) is 12.0 Å². The summed E-state index contributed by atoms with van der Waals surface area (Å²) in [6, 6.07) is 5.06. The fourth-order valence-corrected chi connectivity index (χ4v) is 2.38. The van der Waals surface area contributed by atoms with Gasteiger partial charge >= 0.3 is 5.97 Å². The van der Waals surface area contributed by atoms with Gasteiger partial charge in [0.05, 0.1) is 26.7 Å². The predicted molar refractivity (Wildman–Crippen MR) is 75.7 cm³/mol. The number of ether oxygens (including phenoxy) is 2. The molecule has 21 heavy (non-hydrogen) atoms. The van der Waals surface area contributed by atoms with Crippen LogP contribution in [0.1, 0.15) is 5.56 Å². The highest BCUT2D eigenvalue weighted by Crippen LogP contribution is 2.23. The van der Waals surface area contributed by atoms with Crippen molar-refractivity contribution in [1.29, 1.82) is 0 Å². The summed E-state index contributed by atoms with van der Waals surface area (Å²) in [5, 5.41) is 9.46. The predicted octanol–water partition coefficient (Wildman–Crippen LogP) is 1.20. The Balaban J connectivity index is 2.07. The van der Waals surface area contributed by atoms with Crippen molar-refractivity contribution in [1.82, 2.24) is 4.90 Å². The van der Waals surface area contributed by atoms with Crippen molar-refractivity contribution in [2.75, 3.05) is 26.8 Å². The minimum atomic E-state index is -1.06. The lowest BCUT2D eigenvalue weighted by molar-refractivity contribution is -0.159. The molecule has 0 unspecified atom stereocenters. The van der Waals surface area contributed by atoms with E-state index in [0.717, 1.165) is 0 Å². The van der Waals surface area contributed by atoms with E-state index >= 15 is 0 Å². The molecule has 0 aromatic heterocycles. The molecule has 114 valence electrons. The van der Waals surface area contributed by atoms with Crippen LogP contribution in [0.5, 0.6) is 5.75 Å². The quantitative estimate of drug-likeness (QED) is 0.904. The van der Waals surface area contributed by atoms with E-state index in [-0.39, 0.29) is 25.5 Å². The zero-order valence-electron chi connectivity index (χ0n) is 11.5. The highest BCUT2D eigenvalue weighted by atomic mass is 35.5. The van der Waals surface area contributed by atoms with Gasteiger partial charge in [-0.3, -0.25) is 4.79 Å². The van der Waals surface area contributed by atoms with E-state index in [1.54, 1.807) is 18.2 Å². The minimum absolute atomic E-state index is 0.0526. The Morgan fingerprint density at radius 2 is 2.29 bits per heavy atom. The summed E-state index contributed by atoms with van der Waals surface area (Å²) >= 11 is 5.93. The molecule has 6 nitrogen and oxygen atoms in total. The lowest BCUT2D eigenvalue weighted by Gasteiger charge is -2.31. The molecule has 1 aliphatic rings. The normalized spacial score (nSPS) is 18.4. The average Bonchev–Trinajstić information content (AvgIpc) is 2.47. The third-order valence-corrected chi connectivity index (χ3v) is 3.51. The van der Waals surface area contributed by atoms with Crippen LogP contribution in [0.3, 0.4) is 0 Å². The molecule has 1 saturated heterocycles. The Morgan fingerprint density at radius 1 is 1.52 bits per heavy atom. The highest BCUT2D eigenvalue weighted by molar-refractivity contribution is 6.30. The summed E-state index contributed by atoms with van der Waals surface area (Å²) in [5.41, 5.74) is 0.674. The molecular formula is C14H16ClNO5. The van der Waals surface area contributed by atoms with Crippen molar-refractivity contribution >= 4 is 23.5 Å². The molecule has 1 atom stereocenters. The maximum atomic E-state index is 12.3. The van der Waals surface area contributed by atoms with Crippen molar-refractivity contribution < 1.29 is 24.2 Å². The molecule has 7 heteroatoms. The van der Waals surface area contributed by atoms with Gasteiger partial charge in [-0.1, -0.05) is 11.6 Å². The molecular weight excluding hydrogens is 298 g/mol. The Hall–Kier alpha value is -1.79. The van der Waals surface area contributed by atoms with Gasteiger partial charge < -0.3 is 19.5 Å². The van der Waals surface area contributed by atoms with Gasteiger partial charge in [0, 0.05) is 17.1 Å². The molecule has 0 saturated carbocycles. The fraction of sp³-hybridized carbons (Fsp3) is 0.429. The number of carboxylic acids is 1. The van der Waals surface area contributed by atoms with Crippen molar-refractivity contribution in [3.05, 3.63) is 28.8 Å². The number of hydrogen-bond donors (Lipinski definition) is 1. The first kappa shape index (κ1) is 15.6. The summed E-state index contributed by atoms with van der Waals surface area (Å²) in [4.78, 5) is 24.7. The van der Waals surface area contributed by atoms with Crippen molar-refractivity contribution in [3.63, 3.8) is 0 Å². The number of rotatable bonds is 4. The minimum Gasteiger partial charge on any atom is -0.496 e. The first-order valence-corrected chi connectivity index (χ1v) is 6.83. The van der Waals surface area contributed by atoms with Crippen LogP contribution < -0.4 is 4.74 Å². The molecule has 1 amide bonds. The van der Waals surface area contributed by atoms with Crippen molar-refractivity contribution in [3.8, 4) is 5.75 Å². The second-order valence-corrected chi connectivity index (χ2v) is 5.11. The van der Waals surface area contributed by atoms with Crippen LogP contribution in [0.2, 0.25) is 5.02 Å². The Labute approximate surface area is 127 Å². The zero-order chi connectivity index (χ0) is 15.4. The van der Waals surface area contributed by atoms with Crippen LogP contribution in [0, 0.1) is 0 Å². The zero-order valence-corrected chi connectivity index (χ0v) is 12.3. The van der Waals surface area contributed by atoms with E-state index in [0.29, 0.717) is 22.9 Å². The van der Waals surface area contributed by atoms with Gasteiger partial charge in [-0.05, 0) is 18.2 Å². The summed E-state index contributed by atoms with van der Waals surface area (Å²) in [7, 11) is 1.52. The van der Waals surface area contributed by atoms with Crippen LogP contribution in [0.15, 0.2) is 18.2 Å². The number of halogens is 1. The van der Waals surface area contributed by atoms with E-state index in [2.05, 4.69) is 0 Å².